The van der Waals surface area contributed by atoms with E-state index in [1.807, 2.05) is 50.3 Å². The molecule has 0 aliphatic heterocycles. The number of fused-ring (bicyclic) bond motifs is 3. The van der Waals surface area contributed by atoms with Crippen LogP contribution in [-0.2, 0) is 0 Å². The Morgan fingerprint density at radius 1 is 0.958 bits per heavy atom. The maximum Gasteiger partial charge on any atom is 0.144 e. The summed E-state index contributed by atoms with van der Waals surface area (Å²) in [5.41, 5.74) is 2.17. The van der Waals surface area contributed by atoms with Gasteiger partial charge in [-0.05, 0) is 37.1 Å². The molecule has 0 bridgehead atoms. The summed E-state index contributed by atoms with van der Waals surface area (Å²) in [6, 6.07) is 11.9. The molecule has 0 spiro atoms. The molecule has 0 radical (unpaired) electrons. The lowest BCUT2D eigenvalue weighted by Gasteiger charge is -2.26. The lowest BCUT2D eigenvalue weighted by Crippen LogP contribution is -2.16. The minimum absolute atomic E-state index is 0.0240. The Bertz CT molecular complexity index is 1010. The van der Waals surface area contributed by atoms with Crippen LogP contribution in [0.2, 0.25) is 0 Å². The van der Waals surface area contributed by atoms with Crippen molar-refractivity contribution in [2.24, 2.45) is 5.92 Å². The van der Waals surface area contributed by atoms with Crippen molar-refractivity contribution in [1.29, 1.82) is 21.0 Å². The molecule has 0 aromatic carbocycles. The third-order valence-corrected chi connectivity index (χ3v) is 6.27. The van der Waals surface area contributed by atoms with Crippen LogP contribution in [0.1, 0.15) is 26.8 Å². The van der Waals surface area contributed by atoms with Crippen LogP contribution in [0.4, 0.5) is 0 Å². The van der Waals surface area contributed by atoms with E-state index in [0.29, 0.717) is 5.57 Å². The van der Waals surface area contributed by atoms with Crippen LogP contribution in [0.5, 0.6) is 0 Å². The van der Waals surface area contributed by atoms with E-state index in [1.54, 1.807) is 22.7 Å². The number of rotatable bonds is 1. The minimum atomic E-state index is -0.946. The van der Waals surface area contributed by atoms with Crippen LogP contribution < -0.4 is 0 Å². The Labute approximate surface area is 147 Å². The van der Waals surface area contributed by atoms with Crippen LogP contribution in [0, 0.1) is 65.1 Å². The number of nitriles is 4. The van der Waals surface area contributed by atoms with Gasteiger partial charge in [-0.3, -0.25) is 0 Å². The topological polar surface area (TPSA) is 95.2 Å². The molecule has 6 heteroatoms. The van der Waals surface area contributed by atoms with Gasteiger partial charge in [0.25, 0.3) is 0 Å². The molecular weight excluding hydrogens is 336 g/mol. The third-order valence-electron chi connectivity index (χ3n) is 3.99. The van der Waals surface area contributed by atoms with Gasteiger partial charge in [0, 0.05) is 26.1 Å². The number of nitrogens with zero attached hydrogens (tertiary/aromatic N) is 4. The van der Waals surface area contributed by atoms with Gasteiger partial charge in [0.2, 0.25) is 0 Å². The van der Waals surface area contributed by atoms with Gasteiger partial charge >= 0.3 is 0 Å². The van der Waals surface area contributed by atoms with Crippen molar-refractivity contribution in [3.63, 3.8) is 0 Å². The average Bonchev–Trinajstić information content (AvgIpc) is 3.13. The van der Waals surface area contributed by atoms with E-state index in [-0.39, 0.29) is 5.57 Å². The Balaban J connectivity index is 2.46. The Hall–Kier alpha value is -2.90. The normalized spacial score (nSPS) is 14.8. The van der Waals surface area contributed by atoms with Gasteiger partial charge in [0.15, 0.2) is 0 Å². The van der Waals surface area contributed by atoms with E-state index < -0.39 is 11.8 Å². The van der Waals surface area contributed by atoms with Crippen LogP contribution in [0.15, 0.2) is 17.7 Å². The number of hydrogen-bond donors (Lipinski definition) is 0. The SMILES string of the molecule is Cc1cc2c(s1)-c1sc(C)cc1C(C(C#N)C#N)C2=C(C#N)C#N. The Morgan fingerprint density at radius 3 is 2.12 bits per heavy atom. The van der Waals surface area contributed by atoms with Crippen molar-refractivity contribution in [2.75, 3.05) is 0 Å². The molecule has 1 aliphatic rings. The molecular formula is C18H10N4S2. The summed E-state index contributed by atoms with van der Waals surface area (Å²) >= 11 is 3.23. The van der Waals surface area contributed by atoms with Crippen molar-refractivity contribution >= 4 is 28.2 Å². The molecule has 2 aromatic rings. The standard InChI is InChI=1S/C18H10N4S2/c1-9-3-13-15(11(5-19)6-20)16(12(7-21)8-22)14-4-10(2)24-18(14)17(13)23-9/h3-4,11,15H,1-2H3. The van der Waals surface area contributed by atoms with Crippen LogP contribution >= 0.6 is 22.7 Å². The molecule has 0 saturated carbocycles. The van der Waals surface area contributed by atoms with Gasteiger partial charge in [-0.15, -0.1) is 22.7 Å². The van der Waals surface area contributed by atoms with Gasteiger partial charge < -0.3 is 0 Å². The predicted molar refractivity (Wildman–Crippen MR) is 92.7 cm³/mol. The first-order chi connectivity index (χ1) is 11.5. The molecule has 24 heavy (non-hydrogen) atoms. The molecule has 3 rings (SSSR count). The first-order valence-electron chi connectivity index (χ1n) is 7.10. The van der Waals surface area contributed by atoms with E-state index in [0.717, 1.165) is 30.6 Å². The summed E-state index contributed by atoms with van der Waals surface area (Å²) < 4.78 is 0. The predicted octanol–water partition coefficient (Wildman–Crippen LogP) is 4.65. The van der Waals surface area contributed by atoms with Crippen molar-refractivity contribution < 1.29 is 0 Å². The first-order valence-corrected chi connectivity index (χ1v) is 8.74. The van der Waals surface area contributed by atoms with Gasteiger partial charge in [-0.25, -0.2) is 0 Å². The highest BCUT2D eigenvalue weighted by atomic mass is 32.1. The summed E-state index contributed by atoms with van der Waals surface area (Å²) in [4.78, 5) is 4.20. The maximum absolute atomic E-state index is 9.45. The number of hydrogen-bond acceptors (Lipinski definition) is 6. The lowest BCUT2D eigenvalue weighted by atomic mass is 9.73. The van der Waals surface area contributed by atoms with Gasteiger partial charge in [0.05, 0.1) is 17.0 Å². The summed E-state index contributed by atoms with van der Waals surface area (Å²) in [6.45, 7) is 3.95. The number of aryl methyl sites for hydroxylation is 2. The molecule has 114 valence electrons. The number of allylic oxidation sites excluding steroid dienone is 2. The van der Waals surface area contributed by atoms with E-state index in [1.165, 1.54) is 0 Å². The van der Waals surface area contributed by atoms with Crippen molar-refractivity contribution in [3.05, 3.63) is 38.6 Å². The molecule has 2 aromatic heterocycles. The fraction of sp³-hybridized carbons (Fsp3) is 0.222. The Morgan fingerprint density at radius 2 is 1.54 bits per heavy atom. The van der Waals surface area contributed by atoms with Gasteiger partial charge in [-0.2, -0.15) is 21.0 Å². The average molecular weight is 346 g/mol. The zero-order valence-electron chi connectivity index (χ0n) is 12.9. The van der Waals surface area contributed by atoms with Crippen molar-refractivity contribution in [2.45, 2.75) is 19.8 Å². The van der Waals surface area contributed by atoms with Crippen molar-refractivity contribution in [1.82, 2.24) is 0 Å². The number of thiophene rings is 2. The fourth-order valence-corrected chi connectivity index (χ4v) is 5.36. The van der Waals surface area contributed by atoms with Crippen molar-refractivity contribution in [3.8, 4) is 34.0 Å². The summed E-state index contributed by atoms with van der Waals surface area (Å²) in [5, 5.41) is 37.7. The quantitative estimate of drug-likeness (QED) is 0.702. The second kappa shape index (κ2) is 5.95. The maximum atomic E-state index is 9.45. The molecule has 0 amide bonds. The molecule has 0 N–H and O–H groups in total. The Kier molecular flexibility index (Phi) is 3.96. The van der Waals surface area contributed by atoms with Crippen LogP contribution in [0.3, 0.4) is 0 Å². The van der Waals surface area contributed by atoms with Crippen LogP contribution in [-0.4, -0.2) is 0 Å². The molecule has 1 atom stereocenters. The smallest absolute Gasteiger partial charge is 0.144 e. The summed E-state index contributed by atoms with van der Waals surface area (Å²) in [6.07, 6.45) is 0. The summed E-state index contributed by atoms with van der Waals surface area (Å²) in [7, 11) is 0. The fourth-order valence-electron chi connectivity index (χ4n) is 3.11. The second-order valence-electron chi connectivity index (χ2n) is 5.47. The monoisotopic (exact) mass is 346 g/mol. The molecule has 1 aliphatic carbocycles. The third kappa shape index (κ3) is 2.22. The van der Waals surface area contributed by atoms with E-state index in [9.17, 15) is 21.0 Å². The van der Waals surface area contributed by atoms with E-state index in [4.69, 9.17) is 0 Å². The highest BCUT2D eigenvalue weighted by Gasteiger charge is 2.39. The molecule has 2 heterocycles. The zero-order chi connectivity index (χ0) is 17.4. The minimum Gasteiger partial charge on any atom is -0.197 e. The van der Waals surface area contributed by atoms with Crippen LogP contribution in [0.25, 0.3) is 15.3 Å². The first kappa shape index (κ1) is 16.0. The van der Waals surface area contributed by atoms with Gasteiger partial charge in [-0.1, -0.05) is 0 Å². The molecule has 0 saturated heterocycles. The highest BCUT2D eigenvalue weighted by molar-refractivity contribution is 7.22. The second-order valence-corrected chi connectivity index (χ2v) is 7.98. The van der Waals surface area contributed by atoms with E-state index >= 15 is 0 Å². The highest BCUT2D eigenvalue weighted by Crippen LogP contribution is 2.55. The summed E-state index contributed by atoms with van der Waals surface area (Å²) in [5.74, 6) is -1.52. The molecule has 4 nitrogen and oxygen atoms in total. The lowest BCUT2D eigenvalue weighted by molar-refractivity contribution is 0.747. The largest absolute Gasteiger partial charge is 0.197 e. The van der Waals surface area contributed by atoms with Gasteiger partial charge in [0.1, 0.15) is 23.6 Å². The molecule has 1 unspecified atom stereocenters. The molecule has 0 fully saturated rings. The zero-order valence-corrected chi connectivity index (χ0v) is 14.5. The van der Waals surface area contributed by atoms with E-state index in [2.05, 4.69) is 0 Å².